The molecule has 0 radical (unpaired) electrons. The van der Waals surface area contributed by atoms with Gasteiger partial charge in [0.05, 0.1) is 12.1 Å². The van der Waals surface area contributed by atoms with Crippen LogP contribution in [0, 0.1) is 0 Å². The van der Waals surface area contributed by atoms with Crippen molar-refractivity contribution in [3.63, 3.8) is 0 Å². The van der Waals surface area contributed by atoms with Gasteiger partial charge in [-0.1, -0.05) is 17.7 Å². The van der Waals surface area contributed by atoms with Gasteiger partial charge in [-0.05, 0) is 18.2 Å². The third kappa shape index (κ3) is 1.77. The smallest absolute Gasteiger partial charge is 0.342 e. The molecule has 1 heterocycles. The van der Waals surface area contributed by atoms with E-state index in [1.54, 1.807) is 18.2 Å². The lowest BCUT2D eigenvalue weighted by Gasteiger charge is -2.03. The van der Waals surface area contributed by atoms with Gasteiger partial charge in [0, 0.05) is 5.39 Å². The summed E-state index contributed by atoms with van der Waals surface area (Å²) in [6.45, 7) is 0. The molecule has 2 rings (SSSR count). The number of benzene rings is 1. The summed E-state index contributed by atoms with van der Waals surface area (Å²) in [4.78, 5) is 11.1. The van der Waals surface area contributed by atoms with Crippen LogP contribution in [0.15, 0.2) is 28.7 Å². The van der Waals surface area contributed by atoms with E-state index < -0.39 is 12.1 Å². The first-order chi connectivity index (χ1) is 7.63. The highest BCUT2D eigenvalue weighted by atomic mass is 35.5. The topological polar surface area (TPSA) is 59.7 Å². The van der Waals surface area contributed by atoms with Crippen molar-refractivity contribution in [1.29, 1.82) is 0 Å². The van der Waals surface area contributed by atoms with Gasteiger partial charge in [0.1, 0.15) is 11.3 Å². The van der Waals surface area contributed by atoms with E-state index in [2.05, 4.69) is 4.74 Å². The first-order valence-electron chi connectivity index (χ1n) is 4.57. The van der Waals surface area contributed by atoms with Crippen LogP contribution >= 0.6 is 11.6 Å². The fraction of sp³-hybridized carbons (Fsp3) is 0.182. The Morgan fingerprint density at radius 2 is 2.31 bits per heavy atom. The zero-order valence-corrected chi connectivity index (χ0v) is 9.19. The highest BCUT2D eigenvalue weighted by molar-refractivity contribution is 6.35. The van der Waals surface area contributed by atoms with Gasteiger partial charge in [-0.2, -0.15) is 0 Å². The van der Waals surface area contributed by atoms with Gasteiger partial charge in [-0.15, -0.1) is 0 Å². The van der Waals surface area contributed by atoms with Crippen LogP contribution in [-0.4, -0.2) is 18.2 Å². The van der Waals surface area contributed by atoms with Crippen LogP contribution in [0.3, 0.4) is 0 Å². The van der Waals surface area contributed by atoms with E-state index in [0.717, 1.165) is 0 Å². The zero-order chi connectivity index (χ0) is 11.7. The van der Waals surface area contributed by atoms with E-state index in [1.165, 1.54) is 13.2 Å². The average Bonchev–Trinajstić information content (AvgIpc) is 2.72. The monoisotopic (exact) mass is 240 g/mol. The van der Waals surface area contributed by atoms with Gasteiger partial charge >= 0.3 is 5.97 Å². The molecule has 1 N–H and O–H groups in total. The van der Waals surface area contributed by atoms with Crippen LogP contribution in [0.1, 0.15) is 11.9 Å². The number of aliphatic hydroxyl groups excluding tert-OH is 1. The molecule has 0 spiro atoms. The molecule has 0 fully saturated rings. The molecule has 5 heteroatoms. The summed E-state index contributed by atoms with van der Waals surface area (Å²) in [7, 11) is 1.20. The quantitative estimate of drug-likeness (QED) is 0.819. The van der Waals surface area contributed by atoms with Gasteiger partial charge < -0.3 is 14.3 Å². The Balaban J connectivity index is 2.47. The number of halogens is 1. The number of methoxy groups -OCH3 is 1. The molecule has 0 bridgehead atoms. The third-order valence-electron chi connectivity index (χ3n) is 2.22. The summed E-state index contributed by atoms with van der Waals surface area (Å²) in [6, 6.07) is 6.66. The van der Waals surface area contributed by atoms with Crippen LogP contribution in [0.2, 0.25) is 5.02 Å². The summed E-state index contributed by atoms with van der Waals surface area (Å²) in [6.07, 6.45) is -1.42. The minimum atomic E-state index is -1.42. The SMILES string of the molecule is COC(=O)C(O)c1cc2c(Cl)cccc2o1. The number of furan rings is 1. The van der Waals surface area contributed by atoms with Crippen molar-refractivity contribution in [2.24, 2.45) is 0 Å². The lowest BCUT2D eigenvalue weighted by molar-refractivity contribution is -0.151. The normalized spacial score (nSPS) is 12.7. The molecule has 16 heavy (non-hydrogen) atoms. The highest BCUT2D eigenvalue weighted by Crippen LogP contribution is 2.29. The van der Waals surface area contributed by atoms with E-state index in [0.29, 0.717) is 16.0 Å². The van der Waals surface area contributed by atoms with Crippen molar-refractivity contribution in [3.8, 4) is 0 Å². The summed E-state index contributed by atoms with van der Waals surface area (Å²) < 4.78 is 9.71. The van der Waals surface area contributed by atoms with Gasteiger partial charge in [-0.3, -0.25) is 0 Å². The molecule has 2 aromatic rings. The number of ether oxygens (including phenoxy) is 1. The highest BCUT2D eigenvalue weighted by Gasteiger charge is 2.22. The number of carbonyl (C=O) groups is 1. The maximum Gasteiger partial charge on any atom is 0.342 e. The van der Waals surface area contributed by atoms with Crippen LogP contribution in [0.25, 0.3) is 11.0 Å². The van der Waals surface area contributed by atoms with E-state index >= 15 is 0 Å². The van der Waals surface area contributed by atoms with E-state index in [9.17, 15) is 9.90 Å². The van der Waals surface area contributed by atoms with Crippen molar-refractivity contribution < 1.29 is 19.1 Å². The number of carbonyl (C=O) groups excluding carboxylic acids is 1. The maximum atomic E-state index is 11.1. The second kappa shape index (κ2) is 4.15. The van der Waals surface area contributed by atoms with Crippen molar-refractivity contribution in [3.05, 3.63) is 35.0 Å². The molecule has 1 unspecified atom stereocenters. The Morgan fingerprint density at radius 3 is 2.94 bits per heavy atom. The molecule has 0 aliphatic carbocycles. The van der Waals surface area contributed by atoms with Crippen LogP contribution < -0.4 is 0 Å². The Kier molecular flexibility index (Phi) is 2.85. The fourth-order valence-corrected chi connectivity index (χ4v) is 1.63. The van der Waals surface area contributed by atoms with E-state index in [-0.39, 0.29) is 5.76 Å². The molecule has 0 amide bonds. The van der Waals surface area contributed by atoms with Gasteiger partial charge in [0.25, 0.3) is 0 Å². The molecular weight excluding hydrogens is 232 g/mol. The molecule has 1 atom stereocenters. The van der Waals surface area contributed by atoms with Crippen molar-refractivity contribution in [2.75, 3.05) is 7.11 Å². The molecular formula is C11H9ClO4. The molecule has 0 saturated carbocycles. The van der Waals surface area contributed by atoms with Gasteiger partial charge in [0.2, 0.25) is 6.10 Å². The molecule has 1 aromatic carbocycles. The minimum Gasteiger partial charge on any atom is -0.467 e. The third-order valence-corrected chi connectivity index (χ3v) is 2.55. The number of hydrogen-bond acceptors (Lipinski definition) is 4. The first kappa shape index (κ1) is 11.0. The first-order valence-corrected chi connectivity index (χ1v) is 4.95. The number of esters is 1. The molecule has 0 aliphatic rings. The largest absolute Gasteiger partial charge is 0.467 e. The summed E-state index contributed by atoms with van der Waals surface area (Å²) >= 11 is 5.93. The van der Waals surface area contributed by atoms with Crippen LogP contribution in [0.4, 0.5) is 0 Å². The Morgan fingerprint density at radius 1 is 1.56 bits per heavy atom. The predicted octanol–water partition coefficient (Wildman–Crippen LogP) is 2.29. The van der Waals surface area contributed by atoms with Crippen molar-refractivity contribution in [2.45, 2.75) is 6.10 Å². The maximum absolute atomic E-state index is 11.1. The second-order valence-electron chi connectivity index (χ2n) is 3.23. The van der Waals surface area contributed by atoms with Crippen molar-refractivity contribution in [1.82, 2.24) is 0 Å². The standard InChI is InChI=1S/C11H9ClO4/c1-15-11(14)10(13)9-5-6-7(12)3-2-4-8(6)16-9/h2-5,10,13H,1H3. The van der Waals surface area contributed by atoms with Gasteiger partial charge in [0.15, 0.2) is 0 Å². The summed E-state index contributed by atoms with van der Waals surface area (Å²) in [5.41, 5.74) is 0.519. The van der Waals surface area contributed by atoms with Gasteiger partial charge in [-0.25, -0.2) is 4.79 Å². The number of fused-ring (bicyclic) bond motifs is 1. The van der Waals surface area contributed by atoms with Crippen LogP contribution in [-0.2, 0) is 9.53 Å². The lowest BCUT2D eigenvalue weighted by atomic mass is 10.2. The lowest BCUT2D eigenvalue weighted by Crippen LogP contribution is -2.12. The summed E-state index contributed by atoms with van der Waals surface area (Å²) in [5.74, 6) is -0.648. The number of hydrogen-bond donors (Lipinski definition) is 1. The molecule has 0 saturated heterocycles. The molecule has 4 nitrogen and oxygen atoms in total. The Bertz CT molecular complexity index is 532. The Hall–Kier alpha value is -1.52. The zero-order valence-electron chi connectivity index (χ0n) is 8.44. The van der Waals surface area contributed by atoms with Crippen LogP contribution in [0.5, 0.6) is 0 Å². The second-order valence-corrected chi connectivity index (χ2v) is 3.63. The van der Waals surface area contributed by atoms with Crippen molar-refractivity contribution >= 4 is 28.5 Å². The number of aliphatic hydroxyl groups is 1. The number of rotatable bonds is 2. The summed E-state index contributed by atoms with van der Waals surface area (Å²) in [5, 5.41) is 10.7. The predicted molar refractivity (Wildman–Crippen MR) is 58.2 cm³/mol. The van der Waals surface area contributed by atoms with E-state index in [1.807, 2.05) is 0 Å². The fourth-order valence-electron chi connectivity index (χ4n) is 1.41. The average molecular weight is 241 g/mol. The molecule has 84 valence electrons. The molecule has 1 aromatic heterocycles. The molecule has 0 aliphatic heterocycles. The Labute approximate surface area is 96.4 Å². The minimum absolute atomic E-state index is 0.120. The van der Waals surface area contributed by atoms with E-state index in [4.69, 9.17) is 16.0 Å².